The van der Waals surface area contributed by atoms with Crippen LogP contribution in [-0.2, 0) is 21.1 Å². The van der Waals surface area contributed by atoms with Gasteiger partial charge in [-0.1, -0.05) is 5.16 Å². The van der Waals surface area contributed by atoms with Crippen LogP contribution in [-0.4, -0.2) is 44.7 Å². The summed E-state index contributed by atoms with van der Waals surface area (Å²) in [5, 5.41) is 7.01. The molecule has 11 heteroatoms. The quantitative estimate of drug-likeness (QED) is 0.689. The summed E-state index contributed by atoms with van der Waals surface area (Å²) in [6.45, 7) is 5.37. The van der Waals surface area contributed by atoms with Crippen molar-refractivity contribution in [2.75, 3.05) is 35.4 Å². The Balaban J connectivity index is 1.80. The summed E-state index contributed by atoms with van der Waals surface area (Å²) in [5.74, 6) is -0.0228. The van der Waals surface area contributed by atoms with Crippen LogP contribution < -0.4 is 15.2 Å². The number of aryl methyl sites for hydroxylation is 1. The van der Waals surface area contributed by atoms with Crippen LogP contribution in [0.4, 0.5) is 17.2 Å². The van der Waals surface area contributed by atoms with Crippen molar-refractivity contribution >= 4 is 53.9 Å². The number of amides is 1. The molecule has 0 radical (unpaired) electrons. The van der Waals surface area contributed by atoms with Gasteiger partial charge in [0.1, 0.15) is 10.2 Å². The molecule has 0 fully saturated rings. The number of fused-ring (bicyclic) bond motifs is 2. The number of sulfone groups is 1. The number of nitrogens with zero attached hydrogens (tertiary/aromatic N) is 4. The first-order valence-electron chi connectivity index (χ1n) is 8.66. The van der Waals surface area contributed by atoms with E-state index in [0.717, 1.165) is 30.8 Å². The third-order valence-corrected chi connectivity index (χ3v) is 7.60. The topological polar surface area (TPSA) is 108 Å². The molecule has 1 aromatic carbocycles. The van der Waals surface area contributed by atoms with Gasteiger partial charge in [-0.15, -0.1) is 0 Å². The average molecular weight is 468 g/mol. The second-order valence-corrected chi connectivity index (χ2v) is 9.20. The Morgan fingerprint density at radius 3 is 2.75 bits per heavy atom. The number of hydrogen-bond acceptors (Lipinski definition) is 8. The second-order valence-electron chi connectivity index (χ2n) is 6.58. The van der Waals surface area contributed by atoms with Gasteiger partial charge >= 0.3 is 0 Å². The second kappa shape index (κ2) is 6.59. The molecule has 0 unspecified atom stereocenters. The minimum atomic E-state index is -4.08. The number of aromatic nitrogens is 1. The summed E-state index contributed by atoms with van der Waals surface area (Å²) >= 11 is 3.27. The fourth-order valence-corrected chi connectivity index (χ4v) is 5.13. The number of carbonyl (C=O) groups excluding carboxylic acids is 1. The Bertz CT molecular complexity index is 1120. The van der Waals surface area contributed by atoms with Crippen LogP contribution in [0.2, 0.25) is 0 Å². The van der Waals surface area contributed by atoms with E-state index in [1.807, 2.05) is 6.92 Å². The van der Waals surface area contributed by atoms with Gasteiger partial charge in [-0.2, -0.15) is 5.10 Å². The van der Waals surface area contributed by atoms with Gasteiger partial charge in [-0.3, -0.25) is 10.2 Å². The van der Waals surface area contributed by atoms with Gasteiger partial charge in [0, 0.05) is 25.8 Å². The molecule has 0 saturated carbocycles. The van der Waals surface area contributed by atoms with Crippen LogP contribution in [0.1, 0.15) is 18.2 Å². The highest BCUT2D eigenvalue weighted by Crippen LogP contribution is 2.40. The lowest BCUT2D eigenvalue weighted by Gasteiger charge is -2.28. The van der Waals surface area contributed by atoms with Gasteiger partial charge in [-0.25, -0.2) is 8.42 Å². The van der Waals surface area contributed by atoms with Crippen molar-refractivity contribution in [3.63, 3.8) is 0 Å². The molecule has 0 saturated heterocycles. The van der Waals surface area contributed by atoms with Crippen molar-refractivity contribution < 1.29 is 17.7 Å². The molecule has 3 heterocycles. The third-order valence-electron chi connectivity index (χ3n) is 4.98. The summed E-state index contributed by atoms with van der Waals surface area (Å²) < 4.78 is 31.8. The summed E-state index contributed by atoms with van der Waals surface area (Å²) in [6.07, 6.45) is 0.763. The van der Waals surface area contributed by atoms with Crippen LogP contribution in [0.25, 0.3) is 0 Å². The molecule has 2 aromatic rings. The molecule has 1 aromatic heterocycles. The van der Waals surface area contributed by atoms with Crippen molar-refractivity contribution in [3.8, 4) is 0 Å². The molecule has 1 amide bonds. The van der Waals surface area contributed by atoms with Crippen LogP contribution >= 0.6 is 15.9 Å². The number of nitrogens with one attached hydrogen (secondary N) is 1. The highest BCUT2D eigenvalue weighted by molar-refractivity contribution is 9.10. The van der Waals surface area contributed by atoms with E-state index in [-0.39, 0.29) is 10.7 Å². The Kier molecular flexibility index (Phi) is 4.46. The van der Waals surface area contributed by atoms with Crippen LogP contribution in [0.5, 0.6) is 0 Å². The number of anilines is 3. The Morgan fingerprint density at radius 2 is 2.11 bits per heavy atom. The van der Waals surface area contributed by atoms with Crippen LogP contribution in [0.3, 0.4) is 0 Å². The zero-order valence-electron chi connectivity index (χ0n) is 15.5. The lowest BCUT2D eigenvalue weighted by Crippen LogP contribution is -2.43. The fourth-order valence-electron chi connectivity index (χ4n) is 3.39. The predicted octanol–water partition coefficient (Wildman–Crippen LogP) is 2.30. The van der Waals surface area contributed by atoms with E-state index in [1.54, 1.807) is 26.1 Å². The summed E-state index contributed by atoms with van der Waals surface area (Å²) in [5.41, 5.74) is 4.80. The minimum absolute atomic E-state index is 0.0854. The molecule has 0 spiro atoms. The maximum Gasteiger partial charge on any atom is 0.290 e. The van der Waals surface area contributed by atoms with Crippen LogP contribution in [0, 0.1) is 6.92 Å². The smallest absolute Gasteiger partial charge is 0.290 e. The van der Waals surface area contributed by atoms with E-state index < -0.39 is 20.8 Å². The zero-order valence-corrected chi connectivity index (χ0v) is 17.9. The Hall–Kier alpha value is -2.40. The number of carbonyl (C=O) groups is 1. The summed E-state index contributed by atoms with van der Waals surface area (Å²) in [4.78, 5) is 16.3. The van der Waals surface area contributed by atoms with E-state index in [2.05, 4.69) is 36.5 Å². The van der Waals surface area contributed by atoms with Crippen molar-refractivity contribution in [1.82, 2.24) is 5.16 Å². The van der Waals surface area contributed by atoms with Gasteiger partial charge in [0.25, 0.3) is 5.91 Å². The van der Waals surface area contributed by atoms with Gasteiger partial charge in [-0.05, 0) is 53.9 Å². The Morgan fingerprint density at radius 1 is 1.36 bits per heavy atom. The average Bonchev–Trinajstić information content (AvgIpc) is 3.22. The normalized spacial score (nSPS) is 19.1. The first-order valence-corrected chi connectivity index (χ1v) is 10.9. The molecule has 2 aliphatic heterocycles. The van der Waals surface area contributed by atoms with Crippen molar-refractivity contribution in [2.45, 2.75) is 25.2 Å². The molecule has 2 aliphatic rings. The molecule has 0 aliphatic carbocycles. The molecule has 4 rings (SSSR count). The standard InChI is InChI=1S/C17H18BrN5O4S/c1-4-23-6-5-10-7-13-12(8-11(10)23)22(3)17(24)16(28(13,25)26)20-19-15-14(18)9(2)27-21-15/h7-8H,4-6H2,1-3H3,(H,19,21). The molecular formula is C17H18BrN5O4S. The maximum atomic E-state index is 13.1. The number of benzene rings is 1. The highest BCUT2D eigenvalue weighted by atomic mass is 79.9. The number of hydrazone groups is 1. The van der Waals surface area contributed by atoms with Gasteiger partial charge in [0.05, 0.1) is 10.6 Å². The maximum absolute atomic E-state index is 13.1. The summed E-state index contributed by atoms with van der Waals surface area (Å²) in [7, 11) is -2.54. The minimum Gasteiger partial charge on any atom is -0.371 e. The van der Waals surface area contributed by atoms with Crippen molar-refractivity contribution in [3.05, 3.63) is 27.9 Å². The van der Waals surface area contributed by atoms with Crippen molar-refractivity contribution in [1.29, 1.82) is 0 Å². The van der Waals surface area contributed by atoms with E-state index in [9.17, 15) is 13.2 Å². The zero-order chi connectivity index (χ0) is 20.2. The predicted molar refractivity (Wildman–Crippen MR) is 109 cm³/mol. The van der Waals surface area contributed by atoms with Gasteiger partial charge in [0.2, 0.25) is 20.7 Å². The number of likely N-dealkylation sites (N-methyl/N-ethyl adjacent to an activating group) is 1. The molecular weight excluding hydrogens is 450 g/mol. The van der Waals surface area contributed by atoms with E-state index in [4.69, 9.17) is 4.52 Å². The van der Waals surface area contributed by atoms with E-state index >= 15 is 0 Å². The summed E-state index contributed by atoms with van der Waals surface area (Å²) in [6, 6.07) is 3.43. The van der Waals surface area contributed by atoms with Crippen molar-refractivity contribution in [2.24, 2.45) is 5.10 Å². The first kappa shape index (κ1) is 18.9. The highest BCUT2D eigenvalue weighted by Gasteiger charge is 2.41. The molecule has 148 valence electrons. The van der Waals surface area contributed by atoms with E-state index in [0.29, 0.717) is 15.9 Å². The third kappa shape index (κ3) is 2.72. The van der Waals surface area contributed by atoms with E-state index in [1.165, 1.54) is 4.90 Å². The monoisotopic (exact) mass is 467 g/mol. The SMILES string of the molecule is CCN1CCc2cc3c(cc21)N(C)C(=O)C(=NNc1noc(C)c1Br)S3(=O)=O. The Labute approximate surface area is 170 Å². The largest absolute Gasteiger partial charge is 0.371 e. The van der Waals surface area contributed by atoms with Gasteiger partial charge in [0.15, 0.2) is 0 Å². The lowest BCUT2D eigenvalue weighted by molar-refractivity contribution is -0.112. The number of hydrogen-bond donors (Lipinski definition) is 1. The fraction of sp³-hybridized carbons (Fsp3) is 0.353. The lowest BCUT2D eigenvalue weighted by atomic mass is 10.1. The van der Waals surface area contributed by atoms with Crippen LogP contribution in [0.15, 0.2) is 31.1 Å². The number of rotatable bonds is 3. The molecule has 9 nitrogen and oxygen atoms in total. The molecule has 0 atom stereocenters. The molecule has 0 bridgehead atoms. The molecule has 1 N–H and O–H groups in total. The number of halogens is 1. The first-order chi connectivity index (χ1) is 13.3. The van der Waals surface area contributed by atoms with Gasteiger partial charge < -0.3 is 14.3 Å². The molecule has 28 heavy (non-hydrogen) atoms.